The van der Waals surface area contributed by atoms with E-state index in [0.717, 1.165) is 0 Å². The molecule has 1 heterocycles. The number of aromatic nitrogens is 2. The van der Waals surface area contributed by atoms with Crippen molar-refractivity contribution in [3.8, 4) is 17.0 Å². The molecule has 1 aromatic heterocycles. The fraction of sp³-hybridized carbons (Fsp3) is 0.231. The van der Waals surface area contributed by atoms with Crippen molar-refractivity contribution in [3.63, 3.8) is 0 Å². The number of anilines is 1. The Morgan fingerprint density at radius 2 is 1.70 bits per heavy atom. The number of nitrogens with zero attached hydrogens (tertiary/aromatic N) is 3. The number of para-hydroxylation sites is 1. The van der Waals surface area contributed by atoms with Gasteiger partial charge in [-0.25, -0.2) is 0 Å². The average Bonchev–Trinajstić information content (AvgIpc) is 2.37. The molecule has 0 amide bonds. The van der Waals surface area contributed by atoms with Crippen LogP contribution in [-0.2, 0) is 0 Å². The Bertz CT molecular complexity index is 582. The fourth-order valence-corrected chi connectivity index (χ4v) is 1.60. The van der Waals surface area contributed by atoms with Gasteiger partial charge in [0.1, 0.15) is 5.75 Å². The minimum Gasteiger partial charge on any atom is -0.405 e. The maximum atomic E-state index is 12.3. The summed E-state index contributed by atoms with van der Waals surface area (Å²) in [6.07, 6.45) is -4.74. The van der Waals surface area contributed by atoms with Gasteiger partial charge in [-0.05, 0) is 24.3 Å². The zero-order valence-electron chi connectivity index (χ0n) is 10.8. The highest BCUT2D eigenvalue weighted by atomic mass is 19.4. The molecule has 1 aromatic carbocycles. The van der Waals surface area contributed by atoms with Gasteiger partial charge in [-0.15, -0.1) is 23.4 Å². The Morgan fingerprint density at radius 1 is 1.00 bits per heavy atom. The molecule has 0 saturated heterocycles. The molecule has 4 nitrogen and oxygen atoms in total. The molecule has 0 fully saturated rings. The summed E-state index contributed by atoms with van der Waals surface area (Å²) in [7, 11) is 3.59. The van der Waals surface area contributed by atoms with E-state index >= 15 is 0 Å². The highest BCUT2D eigenvalue weighted by molar-refractivity contribution is 5.67. The first-order valence-corrected chi connectivity index (χ1v) is 5.73. The van der Waals surface area contributed by atoms with Crippen LogP contribution >= 0.6 is 0 Å². The van der Waals surface area contributed by atoms with Gasteiger partial charge in [0, 0.05) is 19.7 Å². The first-order valence-electron chi connectivity index (χ1n) is 5.73. The van der Waals surface area contributed by atoms with Crippen LogP contribution in [0.2, 0.25) is 0 Å². The minimum atomic E-state index is -4.74. The predicted molar refractivity (Wildman–Crippen MR) is 68.5 cm³/mol. The van der Waals surface area contributed by atoms with Crippen molar-refractivity contribution in [1.29, 1.82) is 0 Å². The number of hydrogen-bond acceptors (Lipinski definition) is 4. The normalized spacial score (nSPS) is 11.2. The highest BCUT2D eigenvalue weighted by Crippen LogP contribution is 2.32. The molecule has 0 spiro atoms. The van der Waals surface area contributed by atoms with Crippen LogP contribution in [0.4, 0.5) is 19.0 Å². The summed E-state index contributed by atoms with van der Waals surface area (Å²) in [5.41, 5.74) is 0.554. The SMILES string of the molecule is CN(C)c1ccc(-c2ccccc2OC(F)(F)F)nn1. The zero-order valence-corrected chi connectivity index (χ0v) is 10.8. The summed E-state index contributed by atoms with van der Waals surface area (Å²) in [5, 5.41) is 7.85. The van der Waals surface area contributed by atoms with Gasteiger partial charge in [0.05, 0.1) is 5.69 Å². The quantitative estimate of drug-likeness (QED) is 0.867. The molecule has 2 rings (SSSR count). The van der Waals surface area contributed by atoms with E-state index < -0.39 is 6.36 Å². The smallest absolute Gasteiger partial charge is 0.405 e. The number of halogens is 3. The van der Waals surface area contributed by atoms with E-state index in [4.69, 9.17) is 0 Å². The second kappa shape index (κ2) is 5.36. The highest BCUT2D eigenvalue weighted by Gasteiger charge is 2.32. The molecule has 0 N–H and O–H groups in total. The summed E-state index contributed by atoms with van der Waals surface area (Å²) in [6, 6.07) is 9.09. The van der Waals surface area contributed by atoms with Crippen LogP contribution in [0.15, 0.2) is 36.4 Å². The summed E-state index contributed by atoms with van der Waals surface area (Å²) in [6.45, 7) is 0. The van der Waals surface area contributed by atoms with E-state index in [1.807, 2.05) is 0 Å². The largest absolute Gasteiger partial charge is 0.573 e. The molecule has 0 unspecified atom stereocenters. The van der Waals surface area contributed by atoms with Crippen molar-refractivity contribution >= 4 is 5.82 Å². The van der Waals surface area contributed by atoms with E-state index in [9.17, 15) is 13.2 Å². The van der Waals surface area contributed by atoms with Gasteiger partial charge < -0.3 is 9.64 Å². The number of benzene rings is 1. The van der Waals surface area contributed by atoms with Crippen LogP contribution in [0, 0.1) is 0 Å². The molecule has 0 aliphatic rings. The lowest BCUT2D eigenvalue weighted by Gasteiger charge is -2.13. The number of alkyl halides is 3. The third kappa shape index (κ3) is 3.37. The Balaban J connectivity index is 2.37. The first kappa shape index (κ1) is 14.1. The predicted octanol–water partition coefficient (Wildman–Crippen LogP) is 3.11. The van der Waals surface area contributed by atoms with Gasteiger partial charge in [0.15, 0.2) is 5.82 Å². The standard InChI is InChI=1S/C13H12F3N3O/c1-19(2)12-8-7-10(17-18-12)9-5-3-4-6-11(9)20-13(14,15)16/h3-8H,1-2H3. The minimum absolute atomic E-state index is 0.239. The van der Waals surface area contributed by atoms with E-state index in [1.54, 1.807) is 37.2 Å². The number of rotatable bonds is 3. The van der Waals surface area contributed by atoms with Gasteiger partial charge >= 0.3 is 6.36 Å². The lowest BCUT2D eigenvalue weighted by atomic mass is 10.1. The van der Waals surface area contributed by atoms with Crippen molar-refractivity contribution in [2.24, 2.45) is 0 Å². The van der Waals surface area contributed by atoms with Crippen molar-refractivity contribution in [2.45, 2.75) is 6.36 Å². The van der Waals surface area contributed by atoms with E-state index in [1.165, 1.54) is 18.2 Å². The van der Waals surface area contributed by atoms with Crippen LogP contribution in [0.1, 0.15) is 0 Å². The lowest BCUT2D eigenvalue weighted by Crippen LogP contribution is -2.17. The number of hydrogen-bond donors (Lipinski definition) is 0. The third-order valence-electron chi connectivity index (χ3n) is 2.50. The molecule has 2 aromatic rings. The summed E-state index contributed by atoms with van der Waals surface area (Å²) in [5.74, 6) is 0.315. The van der Waals surface area contributed by atoms with Gasteiger partial charge in [-0.2, -0.15) is 0 Å². The molecule has 0 radical (unpaired) electrons. The summed E-state index contributed by atoms with van der Waals surface area (Å²) >= 11 is 0. The second-order valence-corrected chi connectivity index (χ2v) is 4.22. The average molecular weight is 283 g/mol. The Morgan fingerprint density at radius 3 is 2.25 bits per heavy atom. The molecule has 7 heteroatoms. The maximum Gasteiger partial charge on any atom is 0.573 e. The Labute approximate surface area is 113 Å². The van der Waals surface area contributed by atoms with Crippen LogP contribution in [0.5, 0.6) is 5.75 Å². The van der Waals surface area contributed by atoms with Gasteiger partial charge in [-0.3, -0.25) is 0 Å². The molecule has 0 aliphatic heterocycles. The summed E-state index contributed by atoms with van der Waals surface area (Å²) in [4.78, 5) is 1.74. The van der Waals surface area contributed by atoms with E-state index in [2.05, 4.69) is 14.9 Å². The fourth-order valence-electron chi connectivity index (χ4n) is 1.60. The van der Waals surface area contributed by atoms with Crippen LogP contribution in [0.3, 0.4) is 0 Å². The van der Waals surface area contributed by atoms with Gasteiger partial charge in [-0.1, -0.05) is 12.1 Å². The molecule has 0 aliphatic carbocycles. The van der Waals surface area contributed by atoms with Gasteiger partial charge in [0.2, 0.25) is 0 Å². The molecular formula is C13H12F3N3O. The number of ether oxygens (including phenoxy) is 1. The summed E-state index contributed by atoms with van der Waals surface area (Å²) < 4.78 is 41.0. The Kier molecular flexibility index (Phi) is 3.78. The molecule has 0 saturated carbocycles. The maximum absolute atomic E-state index is 12.3. The van der Waals surface area contributed by atoms with Crippen molar-refractivity contribution in [1.82, 2.24) is 10.2 Å². The van der Waals surface area contributed by atoms with Crippen LogP contribution in [-0.4, -0.2) is 30.7 Å². The molecular weight excluding hydrogens is 271 g/mol. The zero-order chi connectivity index (χ0) is 14.8. The van der Waals surface area contributed by atoms with Crippen molar-refractivity contribution in [3.05, 3.63) is 36.4 Å². The van der Waals surface area contributed by atoms with Crippen LogP contribution < -0.4 is 9.64 Å². The lowest BCUT2D eigenvalue weighted by molar-refractivity contribution is -0.274. The van der Waals surface area contributed by atoms with Crippen molar-refractivity contribution < 1.29 is 17.9 Å². The monoisotopic (exact) mass is 283 g/mol. The topological polar surface area (TPSA) is 38.2 Å². The van der Waals surface area contributed by atoms with E-state index in [0.29, 0.717) is 11.5 Å². The molecule has 20 heavy (non-hydrogen) atoms. The van der Waals surface area contributed by atoms with Crippen molar-refractivity contribution in [2.75, 3.05) is 19.0 Å². The Hall–Kier alpha value is -2.31. The molecule has 106 valence electrons. The third-order valence-corrected chi connectivity index (χ3v) is 2.50. The molecule has 0 bridgehead atoms. The van der Waals surface area contributed by atoms with Gasteiger partial charge in [0.25, 0.3) is 0 Å². The second-order valence-electron chi connectivity index (χ2n) is 4.22. The molecule has 0 atom stereocenters. The van der Waals surface area contributed by atoms with E-state index in [-0.39, 0.29) is 11.3 Å². The van der Waals surface area contributed by atoms with Crippen LogP contribution in [0.25, 0.3) is 11.3 Å². The first-order chi connectivity index (χ1) is 9.37.